The Morgan fingerprint density at radius 1 is 1.40 bits per heavy atom. The van der Waals surface area contributed by atoms with E-state index >= 15 is 0 Å². The molecule has 0 aliphatic rings. The normalized spacial score (nSPS) is 13.9. The van der Waals surface area contributed by atoms with Crippen molar-refractivity contribution in [1.82, 2.24) is 4.98 Å². The molecule has 0 aromatic carbocycles. The van der Waals surface area contributed by atoms with Crippen molar-refractivity contribution in [2.45, 2.75) is 39.7 Å². The zero-order chi connectivity index (χ0) is 11.5. The fraction of sp³-hybridized carbons (Fsp3) is 0.583. The molecule has 0 saturated carbocycles. The summed E-state index contributed by atoms with van der Waals surface area (Å²) in [6.07, 6.45) is 3.90. The van der Waals surface area contributed by atoms with Gasteiger partial charge in [0.25, 0.3) is 0 Å². The van der Waals surface area contributed by atoms with Gasteiger partial charge in [0.1, 0.15) is 5.75 Å². The quantitative estimate of drug-likeness (QED) is 0.804. The average Bonchev–Trinajstić information content (AvgIpc) is 2.14. The highest BCUT2D eigenvalue weighted by atomic mass is 16.3. The Hall–Kier alpha value is -1.09. The SMILES string of the molecule is CC(C)(C)CCC(O)c1ccncc1O. The first kappa shape index (κ1) is 12.0. The minimum atomic E-state index is -0.604. The summed E-state index contributed by atoms with van der Waals surface area (Å²) in [6.45, 7) is 6.39. The molecule has 0 radical (unpaired) electrons. The second kappa shape index (κ2) is 4.62. The standard InChI is InChI=1S/C12H19NO2/c1-12(2,3)6-4-10(14)9-5-7-13-8-11(9)15/h5,7-8,10,14-15H,4,6H2,1-3H3. The molecule has 1 atom stereocenters. The minimum absolute atomic E-state index is 0.0684. The summed E-state index contributed by atoms with van der Waals surface area (Å²) in [5.74, 6) is 0.0684. The number of aromatic nitrogens is 1. The van der Waals surface area contributed by atoms with E-state index < -0.39 is 6.10 Å². The Morgan fingerprint density at radius 2 is 2.07 bits per heavy atom. The molecule has 0 aliphatic heterocycles. The van der Waals surface area contributed by atoms with E-state index in [-0.39, 0.29) is 11.2 Å². The fourth-order valence-corrected chi connectivity index (χ4v) is 1.40. The summed E-state index contributed by atoms with van der Waals surface area (Å²) >= 11 is 0. The molecule has 1 rings (SSSR count). The van der Waals surface area contributed by atoms with E-state index in [2.05, 4.69) is 25.8 Å². The smallest absolute Gasteiger partial charge is 0.139 e. The van der Waals surface area contributed by atoms with Gasteiger partial charge >= 0.3 is 0 Å². The van der Waals surface area contributed by atoms with E-state index in [0.717, 1.165) is 6.42 Å². The van der Waals surface area contributed by atoms with Crippen molar-refractivity contribution in [3.05, 3.63) is 24.0 Å². The van der Waals surface area contributed by atoms with Crippen LogP contribution in [0.4, 0.5) is 0 Å². The van der Waals surface area contributed by atoms with Crippen molar-refractivity contribution in [3.63, 3.8) is 0 Å². The number of pyridine rings is 1. The number of aliphatic hydroxyl groups excluding tert-OH is 1. The van der Waals surface area contributed by atoms with Crippen molar-refractivity contribution in [1.29, 1.82) is 0 Å². The van der Waals surface area contributed by atoms with Crippen molar-refractivity contribution < 1.29 is 10.2 Å². The van der Waals surface area contributed by atoms with Crippen LogP contribution in [0.5, 0.6) is 5.75 Å². The molecule has 1 unspecified atom stereocenters. The molecule has 0 amide bonds. The molecule has 0 fully saturated rings. The lowest BCUT2D eigenvalue weighted by Gasteiger charge is -2.20. The van der Waals surface area contributed by atoms with Gasteiger partial charge in [-0.1, -0.05) is 20.8 Å². The summed E-state index contributed by atoms with van der Waals surface area (Å²) in [6, 6.07) is 1.66. The molecule has 1 aromatic heterocycles. The maximum absolute atomic E-state index is 9.88. The Balaban J connectivity index is 2.62. The van der Waals surface area contributed by atoms with Gasteiger partial charge in [-0.25, -0.2) is 0 Å². The highest BCUT2D eigenvalue weighted by Crippen LogP contribution is 2.30. The van der Waals surface area contributed by atoms with Gasteiger partial charge in [0.05, 0.1) is 12.3 Å². The van der Waals surface area contributed by atoms with Crippen molar-refractivity contribution in [2.75, 3.05) is 0 Å². The maximum Gasteiger partial charge on any atom is 0.139 e. The van der Waals surface area contributed by atoms with Crippen molar-refractivity contribution in [3.8, 4) is 5.75 Å². The molecule has 0 bridgehead atoms. The molecule has 2 N–H and O–H groups in total. The number of hydrogen-bond acceptors (Lipinski definition) is 3. The van der Waals surface area contributed by atoms with Crippen LogP contribution in [0.15, 0.2) is 18.5 Å². The third kappa shape index (κ3) is 3.88. The first-order chi connectivity index (χ1) is 6.90. The monoisotopic (exact) mass is 209 g/mol. The molecular weight excluding hydrogens is 190 g/mol. The van der Waals surface area contributed by atoms with E-state index in [1.165, 1.54) is 6.20 Å². The highest BCUT2D eigenvalue weighted by molar-refractivity contribution is 5.30. The van der Waals surface area contributed by atoms with Gasteiger partial charge in [-0.05, 0) is 24.3 Å². The van der Waals surface area contributed by atoms with E-state index in [1.54, 1.807) is 12.3 Å². The second-order valence-corrected chi connectivity index (χ2v) is 5.05. The molecule has 3 nitrogen and oxygen atoms in total. The Morgan fingerprint density at radius 3 is 2.60 bits per heavy atom. The Kier molecular flexibility index (Phi) is 3.69. The summed E-state index contributed by atoms with van der Waals surface area (Å²) < 4.78 is 0. The molecular formula is C12H19NO2. The Bertz CT molecular complexity index is 318. The van der Waals surface area contributed by atoms with Gasteiger partial charge in [-0.2, -0.15) is 0 Å². The lowest BCUT2D eigenvalue weighted by atomic mass is 9.88. The largest absolute Gasteiger partial charge is 0.506 e. The topological polar surface area (TPSA) is 53.4 Å². The summed E-state index contributed by atoms with van der Waals surface area (Å²) in [5.41, 5.74) is 0.762. The van der Waals surface area contributed by atoms with Crippen molar-refractivity contribution in [2.24, 2.45) is 5.41 Å². The van der Waals surface area contributed by atoms with Gasteiger partial charge in [0.15, 0.2) is 0 Å². The summed E-state index contributed by atoms with van der Waals surface area (Å²) in [7, 11) is 0. The van der Waals surface area contributed by atoms with Crippen molar-refractivity contribution >= 4 is 0 Å². The zero-order valence-electron chi connectivity index (χ0n) is 9.57. The number of aromatic hydroxyl groups is 1. The zero-order valence-corrected chi connectivity index (χ0v) is 9.57. The van der Waals surface area contributed by atoms with Gasteiger partial charge in [-0.3, -0.25) is 4.98 Å². The van der Waals surface area contributed by atoms with Gasteiger partial charge in [0, 0.05) is 11.8 Å². The first-order valence-electron chi connectivity index (χ1n) is 5.21. The first-order valence-corrected chi connectivity index (χ1v) is 5.21. The third-order valence-electron chi connectivity index (χ3n) is 2.36. The molecule has 1 aromatic rings. The second-order valence-electron chi connectivity index (χ2n) is 5.05. The molecule has 0 aliphatic carbocycles. The lowest BCUT2D eigenvalue weighted by molar-refractivity contribution is 0.144. The summed E-state index contributed by atoms with van der Waals surface area (Å²) in [5, 5.41) is 19.4. The van der Waals surface area contributed by atoms with Crippen LogP contribution >= 0.6 is 0 Å². The minimum Gasteiger partial charge on any atom is -0.506 e. The van der Waals surface area contributed by atoms with E-state index in [1.807, 2.05) is 0 Å². The molecule has 3 heteroatoms. The van der Waals surface area contributed by atoms with Crippen LogP contribution in [0.3, 0.4) is 0 Å². The average molecular weight is 209 g/mol. The van der Waals surface area contributed by atoms with Crippen LogP contribution in [0.25, 0.3) is 0 Å². The number of rotatable bonds is 3. The number of aliphatic hydroxyl groups is 1. The fourth-order valence-electron chi connectivity index (χ4n) is 1.40. The molecule has 84 valence electrons. The van der Waals surface area contributed by atoms with Crippen LogP contribution < -0.4 is 0 Å². The number of hydrogen-bond donors (Lipinski definition) is 2. The molecule has 0 saturated heterocycles. The van der Waals surface area contributed by atoms with Crippen LogP contribution in [-0.4, -0.2) is 15.2 Å². The predicted octanol–water partition coefficient (Wildman–Crippen LogP) is 2.65. The van der Waals surface area contributed by atoms with E-state index in [4.69, 9.17) is 0 Å². The van der Waals surface area contributed by atoms with Crippen LogP contribution in [0.2, 0.25) is 0 Å². The van der Waals surface area contributed by atoms with Gasteiger partial charge < -0.3 is 10.2 Å². The maximum atomic E-state index is 9.88. The van der Waals surface area contributed by atoms with E-state index in [9.17, 15) is 10.2 Å². The molecule has 15 heavy (non-hydrogen) atoms. The lowest BCUT2D eigenvalue weighted by Crippen LogP contribution is -2.08. The van der Waals surface area contributed by atoms with Crippen LogP contribution in [0.1, 0.15) is 45.3 Å². The van der Waals surface area contributed by atoms with Gasteiger partial charge in [-0.15, -0.1) is 0 Å². The molecule has 0 spiro atoms. The predicted molar refractivity (Wildman–Crippen MR) is 59.6 cm³/mol. The Labute approximate surface area is 90.8 Å². The number of nitrogens with zero attached hydrogens (tertiary/aromatic N) is 1. The van der Waals surface area contributed by atoms with Gasteiger partial charge in [0.2, 0.25) is 0 Å². The third-order valence-corrected chi connectivity index (χ3v) is 2.36. The summed E-state index contributed by atoms with van der Waals surface area (Å²) in [4.78, 5) is 3.78. The van der Waals surface area contributed by atoms with Crippen LogP contribution in [-0.2, 0) is 0 Å². The van der Waals surface area contributed by atoms with E-state index in [0.29, 0.717) is 12.0 Å². The molecule has 1 heterocycles. The highest BCUT2D eigenvalue weighted by Gasteiger charge is 2.16. The van der Waals surface area contributed by atoms with Crippen LogP contribution in [0, 0.1) is 5.41 Å².